The van der Waals surface area contributed by atoms with E-state index >= 15 is 0 Å². The van der Waals surface area contributed by atoms with E-state index in [1.54, 1.807) is 25.1 Å². The van der Waals surface area contributed by atoms with E-state index in [1.807, 2.05) is 6.92 Å². The first kappa shape index (κ1) is 12.8. The molecule has 0 bridgehead atoms. The van der Waals surface area contributed by atoms with Gasteiger partial charge in [0.2, 0.25) is 5.78 Å². The van der Waals surface area contributed by atoms with Crippen LogP contribution in [0.3, 0.4) is 0 Å². The van der Waals surface area contributed by atoms with Gasteiger partial charge in [0.25, 0.3) is 0 Å². The Bertz CT molecular complexity index is 586. The van der Waals surface area contributed by atoms with Gasteiger partial charge in [0.05, 0.1) is 5.54 Å². The quantitative estimate of drug-likeness (QED) is 0.846. The zero-order valence-corrected chi connectivity index (χ0v) is 10.5. The van der Waals surface area contributed by atoms with Crippen molar-refractivity contribution >= 4 is 16.8 Å². The van der Waals surface area contributed by atoms with Gasteiger partial charge in [0.1, 0.15) is 0 Å². The number of hydrogen-bond donors (Lipinski definition) is 1. The average molecular weight is 249 g/mol. The highest BCUT2D eigenvalue weighted by atomic mass is 19.1. The zero-order chi connectivity index (χ0) is 13.3. The van der Waals surface area contributed by atoms with Crippen LogP contribution in [0, 0.1) is 5.82 Å². The molecule has 0 fully saturated rings. The number of rotatable bonds is 4. The Kier molecular flexibility index (Phi) is 3.22. The molecule has 1 aromatic carbocycles. The topological polar surface area (TPSA) is 56.2 Å². The molecule has 18 heavy (non-hydrogen) atoms. The molecule has 0 saturated heterocycles. The van der Waals surface area contributed by atoms with Gasteiger partial charge in [-0.15, -0.1) is 0 Å². The first-order chi connectivity index (χ1) is 8.45. The molecule has 1 heterocycles. The fraction of sp³-hybridized carbons (Fsp3) is 0.357. The summed E-state index contributed by atoms with van der Waals surface area (Å²) in [5.74, 6) is -0.644. The number of carbonyl (C=O) groups excluding carboxylic acids is 1. The van der Waals surface area contributed by atoms with Crippen molar-refractivity contribution in [3.05, 3.63) is 35.8 Å². The van der Waals surface area contributed by atoms with Crippen LogP contribution >= 0.6 is 0 Å². The molecule has 0 saturated carbocycles. The summed E-state index contributed by atoms with van der Waals surface area (Å²) in [5, 5.41) is 0.575. The normalized spacial score (nSPS) is 14.7. The van der Waals surface area contributed by atoms with Crippen molar-refractivity contribution < 1.29 is 13.6 Å². The van der Waals surface area contributed by atoms with Crippen LogP contribution in [-0.2, 0) is 0 Å². The second-order valence-corrected chi connectivity index (χ2v) is 4.77. The van der Waals surface area contributed by atoms with E-state index in [0.29, 0.717) is 11.8 Å². The van der Waals surface area contributed by atoms with E-state index in [4.69, 9.17) is 10.2 Å². The van der Waals surface area contributed by atoms with E-state index in [1.165, 1.54) is 6.07 Å². The fourth-order valence-electron chi connectivity index (χ4n) is 2.05. The number of nitrogens with two attached hydrogens (primary N) is 1. The van der Waals surface area contributed by atoms with Crippen LogP contribution in [-0.4, -0.2) is 11.3 Å². The molecule has 1 aromatic heterocycles. The van der Waals surface area contributed by atoms with Crippen LogP contribution < -0.4 is 5.73 Å². The minimum absolute atomic E-state index is 0.105. The maximum atomic E-state index is 13.5. The average Bonchev–Trinajstić information content (AvgIpc) is 2.73. The Labute approximate surface area is 105 Å². The molecule has 1 atom stereocenters. The van der Waals surface area contributed by atoms with E-state index in [0.717, 1.165) is 6.42 Å². The molecular weight excluding hydrogens is 233 g/mol. The molecule has 2 aromatic rings. The summed E-state index contributed by atoms with van der Waals surface area (Å²) in [5.41, 5.74) is 5.09. The third-order valence-corrected chi connectivity index (χ3v) is 3.01. The summed E-state index contributed by atoms with van der Waals surface area (Å²) in [6.45, 7) is 3.62. The third-order valence-electron chi connectivity index (χ3n) is 3.01. The molecule has 4 heteroatoms. The predicted octanol–water partition coefficient (Wildman–Crippen LogP) is 3.27. The molecule has 0 radical (unpaired) electrons. The molecule has 0 aliphatic heterocycles. The van der Waals surface area contributed by atoms with Crippen molar-refractivity contribution in [1.29, 1.82) is 0 Å². The molecule has 1 unspecified atom stereocenters. The number of Topliss-reactive ketones (excluding diaryl/α,β-unsaturated/α-hetero) is 1. The number of benzene rings is 1. The smallest absolute Gasteiger partial charge is 0.217 e. The number of para-hydroxylation sites is 1. The van der Waals surface area contributed by atoms with Crippen LogP contribution in [0.25, 0.3) is 11.0 Å². The molecular formula is C14H16FNO2. The number of halogens is 1. The lowest BCUT2D eigenvalue weighted by atomic mass is 9.91. The van der Waals surface area contributed by atoms with E-state index in [2.05, 4.69) is 0 Å². The van der Waals surface area contributed by atoms with Crippen molar-refractivity contribution in [2.24, 2.45) is 5.73 Å². The van der Waals surface area contributed by atoms with Crippen LogP contribution in [0.4, 0.5) is 4.39 Å². The summed E-state index contributed by atoms with van der Waals surface area (Å²) < 4.78 is 18.8. The largest absolute Gasteiger partial charge is 0.450 e. The lowest BCUT2D eigenvalue weighted by molar-refractivity contribution is 0.0866. The van der Waals surface area contributed by atoms with Gasteiger partial charge in [-0.1, -0.05) is 25.5 Å². The standard InChI is InChI=1S/C14H16FNO2/c1-3-7-14(2,16)13(17)11-8-9-5-4-6-10(15)12(9)18-11/h4-6,8H,3,7,16H2,1-2H3. The number of ketones is 1. The van der Waals surface area contributed by atoms with Crippen LogP contribution in [0.1, 0.15) is 37.2 Å². The number of hydrogen-bond acceptors (Lipinski definition) is 3. The van der Waals surface area contributed by atoms with Crippen LogP contribution in [0.5, 0.6) is 0 Å². The summed E-state index contributed by atoms with van der Waals surface area (Å²) in [6, 6.07) is 6.12. The van der Waals surface area contributed by atoms with Crippen molar-refractivity contribution in [3.63, 3.8) is 0 Å². The predicted molar refractivity (Wildman–Crippen MR) is 68.0 cm³/mol. The Morgan fingerprint density at radius 1 is 1.50 bits per heavy atom. The second-order valence-electron chi connectivity index (χ2n) is 4.77. The monoisotopic (exact) mass is 249 g/mol. The second kappa shape index (κ2) is 4.53. The molecule has 0 aliphatic rings. The summed E-state index contributed by atoms with van der Waals surface area (Å²) in [4.78, 5) is 12.2. The number of carbonyl (C=O) groups is 1. The number of fused-ring (bicyclic) bond motifs is 1. The zero-order valence-electron chi connectivity index (χ0n) is 10.5. The van der Waals surface area contributed by atoms with Gasteiger partial charge in [-0.2, -0.15) is 0 Å². The minimum atomic E-state index is -0.973. The van der Waals surface area contributed by atoms with Crippen LogP contribution in [0.15, 0.2) is 28.7 Å². The summed E-state index contributed by atoms with van der Waals surface area (Å²) >= 11 is 0. The summed E-state index contributed by atoms with van der Waals surface area (Å²) in [7, 11) is 0. The van der Waals surface area contributed by atoms with Gasteiger partial charge in [0.15, 0.2) is 17.2 Å². The van der Waals surface area contributed by atoms with E-state index in [9.17, 15) is 9.18 Å². The Morgan fingerprint density at radius 2 is 2.22 bits per heavy atom. The van der Waals surface area contributed by atoms with Crippen molar-refractivity contribution in [2.75, 3.05) is 0 Å². The van der Waals surface area contributed by atoms with Gasteiger partial charge in [-0.05, 0) is 25.5 Å². The van der Waals surface area contributed by atoms with Crippen molar-refractivity contribution in [1.82, 2.24) is 0 Å². The van der Waals surface area contributed by atoms with Gasteiger partial charge in [0, 0.05) is 5.39 Å². The molecule has 0 spiro atoms. The van der Waals surface area contributed by atoms with Crippen molar-refractivity contribution in [2.45, 2.75) is 32.2 Å². The number of furan rings is 1. The molecule has 0 aliphatic carbocycles. The molecule has 0 amide bonds. The van der Waals surface area contributed by atoms with Gasteiger partial charge in [-0.25, -0.2) is 4.39 Å². The van der Waals surface area contributed by atoms with Gasteiger partial charge >= 0.3 is 0 Å². The minimum Gasteiger partial charge on any atom is -0.450 e. The van der Waals surface area contributed by atoms with E-state index < -0.39 is 11.4 Å². The fourth-order valence-corrected chi connectivity index (χ4v) is 2.05. The Balaban J connectivity index is 2.43. The SMILES string of the molecule is CCCC(C)(N)C(=O)c1cc2cccc(F)c2o1. The van der Waals surface area contributed by atoms with Crippen LogP contribution in [0.2, 0.25) is 0 Å². The maximum Gasteiger partial charge on any atom is 0.217 e. The summed E-state index contributed by atoms with van der Waals surface area (Å²) in [6.07, 6.45) is 1.36. The van der Waals surface area contributed by atoms with Gasteiger partial charge in [-0.3, -0.25) is 4.79 Å². The molecule has 2 rings (SSSR count). The van der Waals surface area contributed by atoms with Crippen molar-refractivity contribution in [3.8, 4) is 0 Å². The molecule has 2 N–H and O–H groups in total. The van der Waals surface area contributed by atoms with E-state index in [-0.39, 0.29) is 17.1 Å². The molecule has 3 nitrogen and oxygen atoms in total. The highest BCUT2D eigenvalue weighted by Gasteiger charge is 2.31. The maximum absolute atomic E-state index is 13.5. The lowest BCUT2D eigenvalue weighted by Gasteiger charge is -2.20. The van der Waals surface area contributed by atoms with Gasteiger partial charge < -0.3 is 10.2 Å². The highest BCUT2D eigenvalue weighted by molar-refractivity contribution is 6.03. The lowest BCUT2D eigenvalue weighted by Crippen LogP contribution is -2.44. The third kappa shape index (κ3) is 2.16. The Hall–Kier alpha value is -1.68. The Morgan fingerprint density at radius 3 is 2.83 bits per heavy atom. The molecule has 96 valence electrons. The first-order valence-electron chi connectivity index (χ1n) is 5.97. The first-order valence-corrected chi connectivity index (χ1v) is 5.97. The highest BCUT2D eigenvalue weighted by Crippen LogP contribution is 2.25.